The molecular formula is C12H14FN3OS. The van der Waals surface area contributed by atoms with E-state index in [-0.39, 0.29) is 23.0 Å². The lowest BCUT2D eigenvalue weighted by molar-refractivity contribution is -0.119. The number of nitrogens with one attached hydrogen (secondary N) is 2. The number of halogens is 1. The topological polar surface area (TPSA) is 67.1 Å². The smallest absolute Gasteiger partial charge is 0.239 e. The second-order valence-corrected chi connectivity index (χ2v) is 4.69. The standard InChI is InChI=1S/C12H14FN3OS/c13-10-5-8(3-4-9(10)12(14)18)15-6-11(17)16-7-1-2-7/h3-5,7,15H,1-2,6H2,(H2,14,18)(H,16,17). The van der Waals surface area contributed by atoms with Crippen LogP contribution in [-0.4, -0.2) is 23.5 Å². The first kappa shape index (κ1) is 12.8. The molecule has 4 nitrogen and oxygen atoms in total. The van der Waals surface area contributed by atoms with Crippen molar-refractivity contribution in [1.82, 2.24) is 5.32 Å². The number of carbonyl (C=O) groups excluding carboxylic acids is 1. The Labute approximate surface area is 110 Å². The Morgan fingerprint density at radius 1 is 1.50 bits per heavy atom. The molecular weight excluding hydrogens is 253 g/mol. The maximum absolute atomic E-state index is 13.5. The van der Waals surface area contributed by atoms with E-state index in [0.717, 1.165) is 12.8 Å². The van der Waals surface area contributed by atoms with Gasteiger partial charge in [0, 0.05) is 17.3 Å². The normalized spacial score (nSPS) is 14.1. The number of hydrogen-bond acceptors (Lipinski definition) is 3. The van der Waals surface area contributed by atoms with Crippen molar-refractivity contribution >= 4 is 28.8 Å². The van der Waals surface area contributed by atoms with E-state index in [4.69, 9.17) is 18.0 Å². The average Bonchev–Trinajstić information content (AvgIpc) is 3.10. The van der Waals surface area contributed by atoms with Crippen molar-refractivity contribution in [2.45, 2.75) is 18.9 Å². The first-order valence-electron chi connectivity index (χ1n) is 5.69. The fourth-order valence-corrected chi connectivity index (χ4v) is 1.68. The molecule has 0 aliphatic heterocycles. The van der Waals surface area contributed by atoms with E-state index >= 15 is 0 Å². The molecule has 1 amide bonds. The highest BCUT2D eigenvalue weighted by Gasteiger charge is 2.22. The van der Waals surface area contributed by atoms with Crippen LogP contribution >= 0.6 is 12.2 Å². The molecule has 0 aromatic heterocycles. The van der Waals surface area contributed by atoms with Crippen molar-refractivity contribution < 1.29 is 9.18 Å². The first-order valence-corrected chi connectivity index (χ1v) is 6.09. The van der Waals surface area contributed by atoms with Gasteiger partial charge >= 0.3 is 0 Å². The van der Waals surface area contributed by atoms with Crippen molar-refractivity contribution in [3.8, 4) is 0 Å². The van der Waals surface area contributed by atoms with Gasteiger partial charge in [-0.1, -0.05) is 12.2 Å². The second-order valence-electron chi connectivity index (χ2n) is 4.25. The Bertz CT molecular complexity index is 488. The molecule has 0 radical (unpaired) electrons. The van der Waals surface area contributed by atoms with Crippen LogP contribution in [0.5, 0.6) is 0 Å². The summed E-state index contributed by atoms with van der Waals surface area (Å²) >= 11 is 4.71. The van der Waals surface area contributed by atoms with Gasteiger partial charge in [-0.25, -0.2) is 4.39 Å². The fraction of sp³-hybridized carbons (Fsp3) is 0.333. The minimum atomic E-state index is -0.491. The van der Waals surface area contributed by atoms with Gasteiger partial charge in [0.2, 0.25) is 5.91 Å². The van der Waals surface area contributed by atoms with Crippen LogP contribution in [0.1, 0.15) is 18.4 Å². The van der Waals surface area contributed by atoms with Gasteiger partial charge in [0.1, 0.15) is 10.8 Å². The number of rotatable bonds is 5. The maximum Gasteiger partial charge on any atom is 0.239 e. The maximum atomic E-state index is 13.5. The van der Waals surface area contributed by atoms with E-state index in [9.17, 15) is 9.18 Å². The minimum Gasteiger partial charge on any atom is -0.389 e. The van der Waals surface area contributed by atoms with Gasteiger partial charge in [-0.2, -0.15) is 0 Å². The van der Waals surface area contributed by atoms with Gasteiger partial charge in [0.05, 0.1) is 6.54 Å². The third kappa shape index (κ3) is 3.40. The third-order valence-corrected chi connectivity index (χ3v) is 2.85. The Balaban J connectivity index is 1.90. The molecule has 2 rings (SSSR count). The highest BCUT2D eigenvalue weighted by Crippen LogP contribution is 2.18. The summed E-state index contributed by atoms with van der Waals surface area (Å²) < 4.78 is 13.5. The lowest BCUT2D eigenvalue weighted by atomic mass is 10.2. The summed E-state index contributed by atoms with van der Waals surface area (Å²) in [5, 5.41) is 5.68. The summed E-state index contributed by atoms with van der Waals surface area (Å²) in [4.78, 5) is 11.4. The van der Waals surface area contributed by atoms with E-state index in [0.29, 0.717) is 11.7 Å². The second kappa shape index (κ2) is 5.30. The summed E-state index contributed by atoms with van der Waals surface area (Å²) in [5.74, 6) is -0.577. The molecule has 4 N–H and O–H groups in total. The van der Waals surface area contributed by atoms with Crippen LogP contribution in [0.15, 0.2) is 18.2 Å². The van der Waals surface area contributed by atoms with Crippen LogP contribution in [0.2, 0.25) is 0 Å². The summed E-state index contributed by atoms with van der Waals surface area (Å²) in [5.41, 5.74) is 6.09. The lowest BCUT2D eigenvalue weighted by Gasteiger charge is -2.08. The predicted molar refractivity (Wildman–Crippen MR) is 71.9 cm³/mol. The van der Waals surface area contributed by atoms with Gasteiger partial charge in [0.25, 0.3) is 0 Å². The monoisotopic (exact) mass is 267 g/mol. The van der Waals surface area contributed by atoms with Gasteiger partial charge in [-0.3, -0.25) is 4.79 Å². The van der Waals surface area contributed by atoms with Crippen molar-refractivity contribution in [2.24, 2.45) is 5.73 Å². The molecule has 0 spiro atoms. The number of carbonyl (C=O) groups is 1. The number of nitrogens with two attached hydrogens (primary N) is 1. The van der Waals surface area contributed by atoms with Crippen molar-refractivity contribution in [1.29, 1.82) is 0 Å². The number of benzene rings is 1. The van der Waals surface area contributed by atoms with E-state index in [1.165, 1.54) is 12.1 Å². The molecule has 1 aliphatic carbocycles. The molecule has 0 heterocycles. The molecule has 0 saturated heterocycles. The zero-order valence-electron chi connectivity index (χ0n) is 9.70. The zero-order valence-corrected chi connectivity index (χ0v) is 10.5. The van der Waals surface area contributed by atoms with Crippen LogP contribution in [0.3, 0.4) is 0 Å². The Morgan fingerprint density at radius 3 is 2.78 bits per heavy atom. The first-order chi connectivity index (χ1) is 8.56. The quantitative estimate of drug-likeness (QED) is 0.700. The Hall–Kier alpha value is -1.69. The Morgan fingerprint density at radius 2 is 2.22 bits per heavy atom. The lowest BCUT2D eigenvalue weighted by Crippen LogP contribution is -2.31. The van der Waals surface area contributed by atoms with Crippen LogP contribution < -0.4 is 16.4 Å². The minimum absolute atomic E-state index is 0.0190. The largest absolute Gasteiger partial charge is 0.389 e. The SMILES string of the molecule is NC(=S)c1ccc(NCC(=O)NC2CC2)cc1F. The summed E-state index contributed by atoms with van der Waals surface area (Å²) in [6.07, 6.45) is 2.09. The third-order valence-electron chi connectivity index (χ3n) is 2.63. The molecule has 0 atom stereocenters. The van der Waals surface area contributed by atoms with Crippen LogP contribution in [0.25, 0.3) is 0 Å². The van der Waals surface area contributed by atoms with Gasteiger partial charge in [-0.05, 0) is 31.0 Å². The van der Waals surface area contributed by atoms with Gasteiger partial charge in [0.15, 0.2) is 0 Å². The fourth-order valence-electron chi connectivity index (χ4n) is 1.51. The van der Waals surface area contributed by atoms with Gasteiger partial charge < -0.3 is 16.4 Å². The molecule has 1 aromatic carbocycles. The van der Waals surface area contributed by atoms with Crippen LogP contribution in [0.4, 0.5) is 10.1 Å². The highest BCUT2D eigenvalue weighted by molar-refractivity contribution is 7.80. The molecule has 1 aromatic rings. The molecule has 0 unspecified atom stereocenters. The average molecular weight is 267 g/mol. The zero-order chi connectivity index (χ0) is 13.1. The molecule has 6 heteroatoms. The number of hydrogen-bond donors (Lipinski definition) is 3. The number of anilines is 1. The summed E-state index contributed by atoms with van der Waals surface area (Å²) in [6.45, 7) is 0.127. The number of thiocarbonyl (C=S) groups is 1. The van der Waals surface area contributed by atoms with Gasteiger partial charge in [-0.15, -0.1) is 0 Å². The van der Waals surface area contributed by atoms with E-state index in [1.807, 2.05) is 0 Å². The molecule has 0 bridgehead atoms. The van der Waals surface area contributed by atoms with Crippen LogP contribution in [-0.2, 0) is 4.79 Å². The Kier molecular flexibility index (Phi) is 3.76. The molecule has 1 fully saturated rings. The molecule has 1 aliphatic rings. The van der Waals surface area contributed by atoms with Crippen molar-refractivity contribution in [3.63, 3.8) is 0 Å². The summed E-state index contributed by atoms with van der Waals surface area (Å²) in [6, 6.07) is 4.74. The van der Waals surface area contributed by atoms with Crippen molar-refractivity contribution in [2.75, 3.05) is 11.9 Å². The van der Waals surface area contributed by atoms with Crippen LogP contribution in [0, 0.1) is 5.82 Å². The number of amides is 1. The highest BCUT2D eigenvalue weighted by atomic mass is 32.1. The van der Waals surface area contributed by atoms with E-state index < -0.39 is 5.82 Å². The summed E-state index contributed by atoms with van der Waals surface area (Å²) in [7, 11) is 0. The van der Waals surface area contributed by atoms with E-state index in [2.05, 4.69) is 10.6 Å². The molecule has 18 heavy (non-hydrogen) atoms. The molecule has 1 saturated carbocycles. The van der Waals surface area contributed by atoms with E-state index in [1.54, 1.807) is 6.07 Å². The molecule has 96 valence electrons. The predicted octanol–water partition coefficient (Wildman–Crippen LogP) is 1.15. The van der Waals surface area contributed by atoms with Crippen molar-refractivity contribution in [3.05, 3.63) is 29.6 Å².